The van der Waals surface area contributed by atoms with Crippen LogP contribution in [0, 0.1) is 0 Å². The summed E-state index contributed by atoms with van der Waals surface area (Å²) in [7, 11) is 0. The summed E-state index contributed by atoms with van der Waals surface area (Å²) in [4.78, 5) is 12.4. The normalized spacial score (nSPS) is 18.6. The number of nitrogens with two attached hydrogens (primary N) is 1. The van der Waals surface area contributed by atoms with Gasteiger partial charge in [-0.3, -0.25) is 4.79 Å². The Balaban J connectivity index is 1.91. The van der Waals surface area contributed by atoms with E-state index in [9.17, 15) is 4.79 Å². The minimum absolute atomic E-state index is 0.0673. The van der Waals surface area contributed by atoms with Gasteiger partial charge >= 0.3 is 0 Å². The minimum atomic E-state index is -0.448. The first-order chi connectivity index (χ1) is 8.56. The second-order valence-corrected chi connectivity index (χ2v) is 5.02. The molecule has 1 aliphatic rings. The van der Waals surface area contributed by atoms with Crippen molar-refractivity contribution < 1.29 is 9.53 Å². The van der Waals surface area contributed by atoms with Crippen LogP contribution >= 0.6 is 12.2 Å². The van der Waals surface area contributed by atoms with Crippen molar-refractivity contribution in [2.75, 3.05) is 0 Å². The third-order valence-corrected chi connectivity index (χ3v) is 3.00. The van der Waals surface area contributed by atoms with Gasteiger partial charge in [0.1, 0.15) is 5.75 Å². The summed E-state index contributed by atoms with van der Waals surface area (Å²) >= 11 is 4.81. The van der Waals surface area contributed by atoms with Crippen LogP contribution in [-0.2, 0) is 11.2 Å². The van der Waals surface area contributed by atoms with Crippen LogP contribution in [0.4, 0.5) is 0 Å². The second-order valence-electron chi connectivity index (χ2n) is 4.50. The molecular weight excluding hydrogens is 248 g/mol. The zero-order valence-electron chi connectivity index (χ0n) is 10.2. The number of para-hydroxylation sites is 1. The van der Waals surface area contributed by atoms with E-state index in [2.05, 4.69) is 5.32 Å². The summed E-state index contributed by atoms with van der Waals surface area (Å²) in [5.41, 5.74) is 6.51. The molecule has 2 rings (SSSR count). The zero-order chi connectivity index (χ0) is 13.1. The van der Waals surface area contributed by atoms with Crippen molar-refractivity contribution in [3.05, 3.63) is 29.8 Å². The van der Waals surface area contributed by atoms with E-state index in [-0.39, 0.29) is 11.9 Å². The monoisotopic (exact) mass is 264 g/mol. The molecule has 0 saturated carbocycles. The number of fused-ring (bicyclic) bond motifs is 1. The van der Waals surface area contributed by atoms with Crippen LogP contribution in [0.2, 0.25) is 0 Å². The molecule has 3 N–H and O–H groups in total. The van der Waals surface area contributed by atoms with Crippen LogP contribution in [0.15, 0.2) is 24.3 Å². The van der Waals surface area contributed by atoms with Crippen LogP contribution in [0.5, 0.6) is 5.75 Å². The minimum Gasteiger partial charge on any atom is -0.480 e. The summed E-state index contributed by atoms with van der Waals surface area (Å²) in [5.74, 6) is 0.676. The van der Waals surface area contributed by atoms with Crippen molar-refractivity contribution in [3.8, 4) is 5.75 Å². The molecular formula is C13H16N2O2S. The van der Waals surface area contributed by atoms with Gasteiger partial charge in [0.15, 0.2) is 6.10 Å². The van der Waals surface area contributed by atoms with E-state index in [1.54, 1.807) is 0 Å². The van der Waals surface area contributed by atoms with Gasteiger partial charge in [0.05, 0.1) is 4.99 Å². The van der Waals surface area contributed by atoms with Crippen molar-refractivity contribution in [2.24, 2.45) is 5.73 Å². The molecule has 1 aliphatic heterocycles. The van der Waals surface area contributed by atoms with Gasteiger partial charge in [0.2, 0.25) is 0 Å². The molecule has 1 amide bonds. The highest BCUT2D eigenvalue weighted by Crippen LogP contribution is 2.28. The molecule has 18 heavy (non-hydrogen) atoms. The SMILES string of the molecule is CC(CC(N)=S)NC(=O)C1Cc2ccccc2O1. The quantitative estimate of drug-likeness (QED) is 0.801. The molecule has 0 spiro atoms. The summed E-state index contributed by atoms with van der Waals surface area (Å²) in [5, 5.41) is 2.86. The Kier molecular flexibility index (Phi) is 3.81. The Morgan fingerprint density at radius 2 is 2.33 bits per heavy atom. The average molecular weight is 264 g/mol. The molecule has 0 fully saturated rings. The Morgan fingerprint density at radius 3 is 3.00 bits per heavy atom. The number of nitrogens with one attached hydrogen (secondary N) is 1. The topological polar surface area (TPSA) is 64.3 Å². The first-order valence-electron chi connectivity index (χ1n) is 5.89. The van der Waals surface area contributed by atoms with Gasteiger partial charge in [-0.05, 0) is 18.6 Å². The van der Waals surface area contributed by atoms with E-state index in [0.717, 1.165) is 11.3 Å². The molecule has 96 valence electrons. The number of ether oxygens (including phenoxy) is 1. The van der Waals surface area contributed by atoms with Crippen LogP contribution in [0.25, 0.3) is 0 Å². The number of carbonyl (C=O) groups is 1. The standard InChI is InChI=1S/C13H16N2O2S/c1-8(6-12(14)18)15-13(16)11-7-9-4-2-3-5-10(9)17-11/h2-5,8,11H,6-7H2,1H3,(H2,14,18)(H,15,16). The molecule has 2 atom stereocenters. The Morgan fingerprint density at radius 1 is 1.61 bits per heavy atom. The van der Waals surface area contributed by atoms with Crippen LogP contribution in [-0.4, -0.2) is 23.0 Å². The summed E-state index contributed by atoms with van der Waals surface area (Å²) in [6, 6.07) is 7.62. The molecule has 4 nitrogen and oxygen atoms in total. The number of benzene rings is 1. The first-order valence-corrected chi connectivity index (χ1v) is 6.30. The number of hydrogen-bond donors (Lipinski definition) is 2. The fourth-order valence-corrected chi connectivity index (χ4v) is 2.27. The maximum absolute atomic E-state index is 12.0. The molecule has 0 radical (unpaired) electrons. The maximum atomic E-state index is 12.0. The predicted molar refractivity (Wildman–Crippen MR) is 73.6 cm³/mol. The maximum Gasteiger partial charge on any atom is 0.261 e. The Hall–Kier alpha value is -1.62. The molecule has 0 aliphatic carbocycles. The van der Waals surface area contributed by atoms with Crippen molar-refractivity contribution in [1.82, 2.24) is 5.32 Å². The summed E-state index contributed by atoms with van der Waals surface area (Å²) < 4.78 is 5.60. The van der Waals surface area contributed by atoms with E-state index in [4.69, 9.17) is 22.7 Å². The molecule has 1 aromatic rings. The van der Waals surface area contributed by atoms with Gasteiger partial charge in [-0.1, -0.05) is 30.4 Å². The number of amides is 1. The molecule has 5 heteroatoms. The fourth-order valence-electron chi connectivity index (χ4n) is 2.02. The van der Waals surface area contributed by atoms with Gasteiger partial charge in [0.25, 0.3) is 5.91 Å². The predicted octanol–water partition coefficient (Wildman–Crippen LogP) is 1.17. The van der Waals surface area contributed by atoms with Crippen molar-refractivity contribution in [3.63, 3.8) is 0 Å². The van der Waals surface area contributed by atoms with Gasteiger partial charge in [0, 0.05) is 18.9 Å². The number of rotatable bonds is 4. The third-order valence-electron chi connectivity index (χ3n) is 2.84. The van der Waals surface area contributed by atoms with E-state index in [0.29, 0.717) is 17.8 Å². The van der Waals surface area contributed by atoms with Crippen LogP contribution in [0.3, 0.4) is 0 Å². The van der Waals surface area contributed by atoms with Gasteiger partial charge in [-0.25, -0.2) is 0 Å². The number of hydrogen-bond acceptors (Lipinski definition) is 3. The second kappa shape index (κ2) is 5.35. The van der Waals surface area contributed by atoms with E-state index in [1.165, 1.54) is 0 Å². The molecule has 0 saturated heterocycles. The fraction of sp³-hybridized carbons (Fsp3) is 0.385. The van der Waals surface area contributed by atoms with Crippen LogP contribution in [0.1, 0.15) is 18.9 Å². The molecule has 1 aromatic carbocycles. The Labute approximate surface area is 112 Å². The lowest BCUT2D eigenvalue weighted by molar-refractivity contribution is -0.127. The van der Waals surface area contributed by atoms with Crippen molar-refractivity contribution >= 4 is 23.1 Å². The molecule has 2 unspecified atom stereocenters. The Bertz CT molecular complexity index is 451. The summed E-state index contributed by atoms with van der Waals surface area (Å²) in [6.07, 6.45) is 0.666. The van der Waals surface area contributed by atoms with Gasteiger partial charge in [-0.2, -0.15) is 0 Å². The van der Waals surface area contributed by atoms with Gasteiger partial charge < -0.3 is 15.8 Å². The average Bonchev–Trinajstić information content (AvgIpc) is 2.71. The van der Waals surface area contributed by atoms with Crippen molar-refractivity contribution in [1.29, 1.82) is 0 Å². The van der Waals surface area contributed by atoms with Gasteiger partial charge in [-0.15, -0.1) is 0 Å². The summed E-state index contributed by atoms with van der Waals surface area (Å²) in [6.45, 7) is 1.87. The number of thiocarbonyl (C=S) groups is 1. The highest BCUT2D eigenvalue weighted by molar-refractivity contribution is 7.80. The largest absolute Gasteiger partial charge is 0.480 e. The molecule has 1 heterocycles. The van der Waals surface area contributed by atoms with E-state index in [1.807, 2.05) is 31.2 Å². The lowest BCUT2D eigenvalue weighted by atomic mass is 10.1. The first kappa shape index (κ1) is 12.8. The van der Waals surface area contributed by atoms with E-state index >= 15 is 0 Å². The lowest BCUT2D eigenvalue weighted by Gasteiger charge is -2.16. The zero-order valence-corrected chi connectivity index (χ0v) is 11.0. The highest BCUT2D eigenvalue weighted by Gasteiger charge is 2.29. The lowest BCUT2D eigenvalue weighted by Crippen LogP contribution is -2.43. The highest BCUT2D eigenvalue weighted by atomic mass is 32.1. The van der Waals surface area contributed by atoms with Crippen LogP contribution < -0.4 is 15.8 Å². The van der Waals surface area contributed by atoms with Crippen molar-refractivity contribution in [2.45, 2.75) is 31.9 Å². The van der Waals surface area contributed by atoms with E-state index < -0.39 is 6.10 Å². The number of carbonyl (C=O) groups excluding carboxylic acids is 1. The third kappa shape index (κ3) is 2.98. The smallest absolute Gasteiger partial charge is 0.261 e. The molecule has 0 bridgehead atoms. The molecule has 0 aromatic heterocycles.